The summed E-state index contributed by atoms with van der Waals surface area (Å²) in [5, 5.41) is 20.4. The zero-order chi connectivity index (χ0) is 27.1. The molecule has 5 fully saturated rings. The second kappa shape index (κ2) is 10.1. The van der Waals surface area contributed by atoms with E-state index < -0.39 is 11.8 Å². The minimum absolute atomic E-state index is 0.0515. The molecule has 1 aromatic rings. The topological polar surface area (TPSA) is 120 Å². The number of hydrogen-bond donors (Lipinski definition) is 5. The molecular formula is C29H41FN4O4. The fourth-order valence-electron chi connectivity index (χ4n) is 8.83. The summed E-state index contributed by atoms with van der Waals surface area (Å²) in [6, 6.07) is 3.64. The van der Waals surface area contributed by atoms with Crippen LogP contribution in [0.5, 0.6) is 0 Å². The number of rotatable bonds is 7. The highest BCUT2D eigenvalue weighted by Crippen LogP contribution is 2.66. The van der Waals surface area contributed by atoms with Crippen LogP contribution in [0.3, 0.4) is 0 Å². The number of anilines is 1. The second-order valence-corrected chi connectivity index (χ2v) is 13.2. The summed E-state index contributed by atoms with van der Waals surface area (Å²) in [6.07, 6.45) is 9.21. The predicted octanol–water partition coefficient (Wildman–Crippen LogP) is 4.09. The molecule has 5 aliphatic carbocycles. The SMILES string of the molecule is C[C@]12CC3CC(NC(=O)Nc4ccc(C(=O)NC5CCC(C(=O)NCCO)CC5)cc4F)(C1)C[C@@](C)(C3)C2. The molecule has 0 heterocycles. The van der Waals surface area contributed by atoms with E-state index in [0.29, 0.717) is 31.6 Å². The van der Waals surface area contributed by atoms with Crippen molar-refractivity contribution in [2.75, 3.05) is 18.5 Å². The molecule has 1 aromatic carbocycles. The molecule has 5 saturated carbocycles. The van der Waals surface area contributed by atoms with Crippen molar-refractivity contribution in [3.05, 3.63) is 29.6 Å². The lowest BCUT2D eigenvalue weighted by atomic mass is 9.43. The Morgan fingerprint density at radius 3 is 2.29 bits per heavy atom. The van der Waals surface area contributed by atoms with E-state index in [9.17, 15) is 18.8 Å². The molecule has 5 aliphatic rings. The largest absolute Gasteiger partial charge is 0.395 e. The van der Waals surface area contributed by atoms with Gasteiger partial charge in [-0.25, -0.2) is 9.18 Å². The molecule has 38 heavy (non-hydrogen) atoms. The van der Waals surface area contributed by atoms with Crippen LogP contribution in [0.1, 0.15) is 88.4 Å². The minimum Gasteiger partial charge on any atom is -0.395 e. The second-order valence-electron chi connectivity index (χ2n) is 13.2. The number of halogens is 1. The first-order valence-electron chi connectivity index (χ1n) is 14.1. The Bertz CT molecular complexity index is 1080. The molecule has 5 N–H and O–H groups in total. The zero-order valence-corrected chi connectivity index (χ0v) is 22.5. The van der Waals surface area contributed by atoms with Crippen molar-refractivity contribution >= 4 is 23.5 Å². The summed E-state index contributed by atoms with van der Waals surface area (Å²) < 4.78 is 14.9. The van der Waals surface area contributed by atoms with Gasteiger partial charge in [0.1, 0.15) is 5.82 Å². The van der Waals surface area contributed by atoms with Crippen LogP contribution < -0.4 is 21.3 Å². The number of benzene rings is 1. The van der Waals surface area contributed by atoms with Crippen LogP contribution in [0, 0.1) is 28.5 Å². The molecule has 0 aliphatic heterocycles. The van der Waals surface area contributed by atoms with Gasteiger partial charge in [0.25, 0.3) is 5.91 Å². The van der Waals surface area contributed by atoms with Crippen LogP contribution in [0.4, 0.5) is 14.9 Å². The van der Waals surface area contributed by atoms with E-state index in [0.717, 1.165) is 25.3 Å². The van der Waals surface area contributed by atoms with Gasteiger partial charge in [-0.2, -0.15) is 0 Å². The number of amides is 4. The van der Waals surface area contributed by atoms with E-state index in [4.69, 9.17) is 5.11 Å². The van der Waals surface area contributed by atoms with E-state index in [-0.39, 0.29) is 64.5 Å². The van der Waals surface area contributed by atoms with Crippen molar-refractivity contribution in [1.82, 2.24) is 16.0 Å². The third kappa shape index (κ3) is 5.67. The highest BCUT2D eigenvalue weighted by molar-refractivity contribution is 5.96. The van der Waals surface area contributed by atoms with E-state index in [1.54, 1.807) is 0 Å². The van der Waals surface area contributed by atoms with Crippen molar-refractivity contribution in [1.29, 1.82) is 0 Å². The van der Waals surface area contributed by atoms with Gasteiger partial charge in [0.15, 0.2) is 0 Å². The number of urea groups is 1. The number of nitrogens with one attached hydrogen (secondary N) is 4. The van der Waals surface area contributed by atoms with Gasteiger partial charge in [-0.3, -0.25) is 9.59 Å². The first kappa shape index (κ1) is 26.9. The van der Waals surface area contributed by atoms with Crippen LogP contribution in [-0.2, 0) is 4.79 Å². The molecule has 4 amide bonds. The Labute approximate surface area is 223 Å². The van der Waals surface area contributed by atoms with Crippen molar-refractivity contribution in [3.8, 4) is 0 Å². The van der Waals surface area contributed by atoms with Crippen LogP contribution in [0.25, 0.3) is 0 Å². The minimum atomic E-state index is -0.651. The average molecular weight is 529 g/mol. The highest BCUT2D eigenvalue weighted by Gasteiger charge is 2.60. The van der Waals surface area contributed by atoms with Gasteiger partial charge in [-0.1, -0.05) is 13.8 Å². The standard InChI is InChI=1S/C29H41FN4O4/c1-27-12-18-13-28(2,15-27)17-29(14-18,16-27)34-26(38)33-23-8-5-20(11-22(23)30)25(37)32-21-6-3-19(4-7-21)24(36)31-9-10-35/h5,8,11,18-19,21,35H,3-4,6-7,9-10,12-17H2,1-2H3,(H,31,36)(H,32,37)(H2,33,34,38)/t18?,19?,21?,27-,28+,29?. The van der Waals surface area contributed by atoms with E-state index >= 15 is 0 Å². The van der Waals surface area contributed by atoms with Crippen LogP contribution in [0.2, 0.25) is 0 Å². The summed E-state index contributed by atoms with van der Waals surface area (Å²) >= 11 is 0. The Morgan fingerprint density at radius 2 is 1.68 bits per heavy atom. The molecule has 9 heteroatoms. The van der Waals surface area contributed by atoms with E-state index in [1.165, 1.54) is 31.4 Å². The number of aliphatic hydroxyl groups excluding tert-OH is 1. The molecule has 8 nitrogen and oxygen atoms in total. The van der Waals surface area contributed by atoms with Gasteiger partial charge in [0.05, 0.1) is 12.3 Å². The van der Waals surface area contributed by atoms with Crippen LogP contribution >= 0.6 is 0 Å². The van der Waals surface area contributed by atoms with Crippen LogP contribution in [0.15, 0.2) is 18.2 Å². The van der Waals surface area contributed by atoms with Gasteiger partial charge < -0.3 is 26.4 Å². The van der Waals surface area contributed by atoms with Gasteiger partial charge in [-0.05, 0) is 99.2 Å². The first-order chi connectivity index (χ1) is 18.0. The number of carbonyl (C=O) groups is 3. The average Bonchev–Trinajstić information content (AvgIpc) is 2.81. The van der Waals surface area contributed by atoms with Crippen LogP contribution in [-0.4, -0.2) is 47.7 Å². The Hall–Kier alpha value is -2.68. The molecule has 0 aromatic heterocycles. The Kier molecular flexibility index (Phi) is 7.18. The van der Waals surface area contributed by atoms with Gasteiger partial charge in [0.2, 0.25) is 5.91 Å². The number of carbonyl (C=O) groups excluding carboxylic acids is 3. The third-order valence-electron chi connectivity index (χ3n) is 9.33. The van der Waals surface area contributed by atoms with E-state index in [2.05, 4.69) is 35.1 Å². The molecule has 4 bridgehead atoms. The lowest BCUT2D eigenvalue weighted by Crippen LogP contribution is -2.65. The quantitative estimate of drug-likeness (QED) is 0.366. The maximum atomic E-state index is 14.9. The monoisotopic (exact) mass is 528 g/mol. The molecule has 4 atom stereocenters. The van der Waals surface area contributed by atoms with Crippen molar-refractivity contribution in [2.24, 2.45) is 22.7 Å². The summed E-state index contributed by atoms with van der Waals surface area (Å²) in [4.78, 5) is 37.8. The van der Waals surface area contributed by atoms with Crippen molar-refractivity contribution < 1.29 is 23.9 Å². The van der Waals surface area contributed by atoms with Crippen molar-refractivity contribution in [2.45, 2.75) is 89.6 Å². The molecule has 6 rings (SSSR count). The molecule has 0 saturated heterocycles. The zero-order valence-electron chi connectivity index (χ0n) is 22.5. The van der Waals surface area contributed by atoms with Gasteiger partial charge in [0, 0.05) is 29.6 Å². The molecule has 0 radical (unpaired) electrons. The first-order valence-corrected chi connectivity index (χ1v) is 14.1. The normalized spacial score (nSPS) is 35.4. The lowest BCUT2D eigenvalue weighted by molar-refractivity contribution is -0.126. The maximum Gasteiger partial charge on any atom is 0.319 e. The lowest BCUT2D eigenvalue weighted by Gasteiger charge is -2.65. The fraction of sp³-hybridized carbons (Fsp3) is 0.690. The molecule has 0 spiro atoms. The van der Waals surface area contributed by atoms with Crippen molar-refractivity contribution in [3.63, 3.8) is 0 Å². The maximum absolute atomic E-state index is 14.9. The Balaban J connectivity index is 1.14. The number of aliphatic hydroxyl groups is 1. The molecule has 208 valence electrons. The smallest absolute Gasteiger partial charge is 0.319 e. The number of hydrogen-bond acceptors (Lipinski definition) is 4. The fourth-order valence-corrected chi connectivity index (χ4v) is 8.83. The molecular weight excluding hydrogens is 487 g/mol. The third-order valence-corrected chi connectivity index (χ3v) is 9.33. The summed E-state index contributed by atoms with van der Waals surface area (Å²) in [5.41, 5.74) is 0.524. The van der Waals surface area contributed by atoms with Gasteiger partial charge >= 0.3 is 6.03 Å². The van der Waals surface area contributed by atoms with E-state index in [1.807, 2.05) is 0 Å². The predicted molar refractivity (Wildman–Crippen MR) is 142 cm³/mol. The summed E-state index contributed by atoms with van der Waals surface area (Å²) in [7, 11) is 0. The molecule has 2 unspecified atom stereocenters. The summed E-state index contributed by atoms with van der Waals surface area (Å²) in [5.74, 6) is -0.573. The highest BCUT2D eigenvalue weighted by atomic mass is 19.1. The van der Waals surface area contributed by atoms with Gasteiger partial charge in [-0.15, -0.1) is 0 Å². The summed E-state index contributed by atoms with van der Waals surface area (Å²) in [6.45, 7) is 4.84. The Morgan fingerprint density at radius 1 is 1.00 bits per heavy atom.